The minimum Gasteiger partial charge on any atom is -0.345 e. The quantitative estimate of drug-likeness (QED) is 0.766. The van der Waals surface area contributed by atoms with Crippen molar-refractivity contribution in [3.8, 4) is 0 Å². The van der Waals surface area contributed by atoms with Gasteiger partial charge in [-0.2, -0.15) is 0 Å². The number of carbonyl (C=O) groups is 2. The van der Waals surface area contributed by atoms with Gasteiger partial charge in [0, 0.05) is 19.0 Å². The van der Waals surface area contributed by atoms with Gasteiger partial charge in [-0.1, -0.05) is 0 Å². The minimum absolute atomic E-state index is 0.00426. The van der Waals surface area contributed by atoms with E-state index in [1.54, 1.807) is 0 Å². The monoisotopic (exact) mass is 213 g/mol. The van der Waals surface area contributed by atoms with Gasteiger partial charge in [0.25, 0.3) is 5.91 Å². The predicted molar refractivity (Wildman–Crippen MR) is 48.9 cm³/mol. The summed E-state index contributed by atoms with van der Waals surface area (Å²) >= 11 is 0. The van der Waals surface area contributed by atoms with Gasteiger partial charge in [0.15, 0.2) is 0 Å². The van der Waals surface area contributed by atoms with Gasteiger partial charge >= 0.3 is 0 Å². The van der Waals surface area contributed by atoms with Crippen LogP contribution in [0, 0.1) is 11.6 Å². The highest BCUT2D eigenvalue weighted by atomic mass is 19.1. The van der Waals surface area contributed by atoms with Gasteiger partial charge in [-0.05, 0) is 18.2 Å². The van der Waals surface area contributed by atoms with Gasteiger partial charge in [-0.3, -0.25) is 9.59 Å². The average molecular weight is 213 g/mol. The summed E-state index contributed by atoms with van der Waals surface area (Å²) in [7, 11) is 0. The highest BCUT2D eigenvalue weighted by molar-refractivity contribution is 6.35. The maximum atomic E-state index is 13.0. The highest BCUT2D eigenvalue weighted by Crippen LogP contribution is 2.08. The van der Waals surface area contributed by atoms with Crippen molar-refractivity contribution >= 4 is 11.7 Å². The average Bonchev–Trinajstić information content (AvgIpc) is 2.18. The van der Waals surface area contributed by atoms with Crippen LogP contribution in [0.15, 0.2) is 18.2 Å². The molecule has 0 unspecified atom stereocenters. The molecule has 0 saturated carbocycles. The maximum absolute atomic E-state index is 13.0. The van der Waals surface area contributed by atoms with Crippen molar-refractivity contribution in [1.29, 1.82) is 0 Å². The molecule has 15 heavy (non-hydrogen) atoms. The number of hydrogen-bond donors (Lipinski definition) is 1. The number of halogens is 2. The predicted octanol–water partition coefficient (Wildman–Crippen LogP) is 1.17. The van der Waals surface area contributed by atoms with E-state index < -0.39 is 23.3 Å². The van der Waals surface area contributed by atoms with E-state index in [-0.39, 0.29) is 12.1 Å². The number of ketones is 1. The molecule has 1 aromatic carbocycles. The van der Waals surface area contributed by atoms with Crippen molar-refractivity contribution in [2.24, 2.45) is 0 Å². The van der Waals surface area contributed by atoms with E-state index in [2.05, 4.69) is 5.32 Å². The summed E-state index contributed by atoms with van der Waals surface area (Å²) in [5.41, 5.74) is 0.00426. The van der Waals surface area contributed by atoms with Crippen LogP contribution in [0.25, 0.3) is 0 Å². The second kappa shape index (κ2) is 4.63. The van der Waals surface area contributed by atoms with Gasteiger partial charge in [0.1, 0.15) is 11.6 Å². The molecule has 0 fully saturated rings. The van der Waals surface area contributed by atoms with Crippen LogP contribution in [0.2, 0.25) is 0 Å². The molecule has 0 aromatic heterocycles. The van der Waals surface area contributed by atoms with Gasteiger partial charge in [-0.15, -0.1) is 0 Å². The molecule has 80 valence electrons. The first-order valence-electron chi connectivity index (χ1n) is 4.23. The first kappa shape index (κ1) is 11.3. The zero-order valence-corrected chi connectivity index (χ0v) is 8.01. The van der Waals surface area contributed by atoms with Gasteiger partial charge in [-0.25, -0.2) is 8.78 Å². The molecule has 0 radical (unpaired) electrons. The molecule has 0 bridgehead atoms. The zero-order valence-electron chi connectivity index (χ0n) is 8.01. The standard InChI is InChI=1S/C10H9F2NO2/c1-6(14)10(15)13-5-7-4-8(11)2-3-9(7)12/h2-4H,5H2,1H3,(H,13,15). The topological polar surface area (TPSA) is 46.2 Å². The Hall–Kier alpha value is -1.78. The van der Waals surface area contributed by atoms with E-state index in [9.17, 15) is 18.4 Å². The summed E-state index contributed by atoms with van der Waals surface area (Å²) in [6, 6.07) is 2.91. The van der Waals surface area contributed by atoms with Crippen LogP contribution in [0.5, 0.6) is 0 Å². The van der Waals surface area contributed by atoms with E-state index in [0.717, 1.165) is 25.1 Å². The van der Waals surface area contributed by atoms with Crippen LogP contribution < -0.4 is 5.32 Å². The summed E-state index contributed by atoms with van der Waals surface area (Å²) < 4.78 is 25.7. The number of rotatable bonds is 3. The molecule has 1 aromatic rings. The number of nitrogens with one attached hydrogen (secondary N) is 1. The van der Waals surface area contributed by atoms with Crippen LogP contribution in [0.3, 0.4) is 0 Å². The van der Waals surface area contributed by atoms with Crippen LogP contribution in [0.1, 0.15) is 12.5 Å². The number of Topliss-reactive ketones (excluding diaryl/α,β-unsaturated/α-hetero) is 1. The zero-order chi connectivity index (χ0) is 11.4. The molecule has 1 rings (SSSR count). The molecular formula is C10H9F2NO2. The lowest BCUT2D eigenvalue weighted by Gasteiger charge is -2.04. The first-order valence-corrected chi connectivity index (χ1v) is 4.23. The Morgan fingerprint density at radius 1 is 1.33 bits per heavy atom. The van der Waals surface area contributed by atoms with Crippen molar-refractivity contribution in [3.05, 3.63) is 35.4 Å². The lowest BCUT2D eigenvalue weighted by atomic mass is 10.2. The molecule has 0 heterocycles. The van der Waals surface area contributed by atoms with Gasteiger partial charge in [0.05, 0.1) is 0 Å². The molecule has 0 aliphatic carbocycles. The molecule has 5 heteroatoms. The second-order valence-electron chi connectivity index (χ2n) is 2.97. The molecule has 0 saturated heterocycles. The third-order valence-electron chi connectivity index (χ3n) is 1.77. The van der Waals surface area contributed by atoms with Crippen LogP contribution in [-0.4, -0.2) is 11.7 Å². The largest absolute Gasteiger partial charge is 0.345 e. The molecule has 1 amide bonds. The minimum atomic E-state index is -0.821. The molecule has 3 nitrogen and oxygen atoms in total. The fraction of sp³-hybridized carbons (Fsp3) is 0.200. The Morgan fingerprint density at radius 2 is 2.00 bits per heavy atom. The third-order valence-corrected chi connectivity index (χ3v) is 1.77. The van der Waals surface area contributed by atoms with Crippen molar-refractivity contribution < 1.29 is 18.4 Å². The Balaban J connectivity index is 2.69. The Morgan fingerprint density at radius 3 is 2.60 bits per heavy atom. The molecular weight excluding hydrogens is 204 g/mol. The Labute approximate surface area is 85.1 Å². The van der Waals surface area contributed by atoms with E-state index in [4.69, 9.17) is 0 Å². The molecule has 1 N–H and O–H groups in total. The molecule has 0 atom stereocenters. The van der Waals surface area contributed by atoms with Crippen molar-refractivity contribution in [2.75, 3.05) is 0 Å². The van der Waals surface area contributed by atoms with E-state index in [1.165, 1.54) is 0 Å². The van der Waals surface area contributed by atoms with Crippen molar-refractivity contribution in [2.45, 2.75) is 13.5 Å². The maximum Gasteiger partial charge on any atom is 0.287 e. The molecule has 0 aliphatic heterocycles. The highest BCUT2D eigenvalue weighted by Gasteiger charge is 2.09. The molecule has 0 aliphatic rings. The number of benzene rings is 1. The summed E-state index contributed by atoms with van der Waals surface area (Å²) in [6.07, 6.45) is 0. The number of amides is 1. The summed E-state index contributed by atoms with van der Waals surface area (Å²) in [5.74, 6) is -2.71. The second-order valence-corrected chi connectivity index (χ2v) is 2.97. The van der Waals surface area contributed by atoms with Crippen molar-refractivity contribution in [3.63, 3.8) is 0 Å². The fourth-order valence-corrected chi connectivity index (χ4v) is 0.979. The summed E-state index contributed by atoms with van der Waals surface area (Å²) in [5, 5.41) is 2.17. The first-order chi connectivity index (χ1) is 7.00. The summed E-state index contributed by atoms with van der Waals surface area (Å²) in [4.78, 5) is 21.4. The van der Waals surface area contributed by atoms with Gasteiger partial charge < -0.3 is 5.32 Å². The van der Waals surface area contributed by atoms with Crippen LogP contribution in [0.4, 0.5) is 8.78 Å². The Bertz CT molecular complexity index is 404. The van der Waals surface area contributed by atoms with Crippen LogP contribution in [-0.2, 0) is 16.1 Å². The fourth-order valence-electron chi connectivity index (χ4n) is 0.979. The lowest BCUT2D eigenvalue weighted by molar-refractivity contribution is -0.136. The smallest absolute Gasteiger partial charge is 0.287 e. The Kier molecular flexibility index (Phi) is 3.49. The SMILES string of the molecule is CC(=O)C(=O)NCc1cc(F)ccc1F. The van der Waals surface area contributed by atoms with Gasteiger partial charge in [0.2, 0.25) is 5.78 Å². The number of hydrogen-bond acceptors (Lipinski definition) is 2. The van der Waals surface area contributed by atoms with Crippen LogP contribution >= 0.6 is 0 Å². The molecule has 0 spiro atoms. The van der Waals surface area contributed by atoms with Crippen molar-refractivity contribution in [1.82, 2.24) is 5.32 Å². The van der Waals surface area contributed by atoms with E-state index in [1.807, 2.05) is 0 Å². The number of carbonyl (C=O) groups excluding carboxylic acids is 2. The lowest BCUT2D eigenvalue weighted by Crippen LogP contribution is -2.28. The van der Waals surface area contributed by atoms with E-state index in [0.29, 0.717) is 0 Å². The third kappa shape index (κ3) is 3.12. The normalized spacial score (nSPS) is 9.80. The van der Waals surface area contributed by atoms with E-state index >= 15 is 0 Å². The summed E-state index contributed by atoms with van der Waals surface area (Å²) in [6.45, 7) is 0.888.